The van der Waals surface area contributed by atoms with E-state index in [1.165, 1.54) is 96.3 Å². The minimum absolute atomic E-state index is 0.117. The maximum atomic E-state index is 12.2. The number of amides is 1. The second-order valence-electron chi connectivity index (χ2n) is 11.2. The summed E-state index contributed by atoms with van der Waals surface area (Å²) < 4.78 is 17.2. The molecular weight excluding hydrogens is 476 g/mol. The van der Waals surface area contributed by atoms with E-state index >= 15 is 0 Å². The van der Waals surface area contributed by atoms with Crippen molar-refractivity contribution in [2.24, 2.45) is 5.92 Å². The van der Waals surface area contributed by atoms with Gasteiger partial charge in [-0.3, -0.25) is 4.98 Å². The lowest BCUT2D eigenvalue weighted by Crippen LogP contribution is -2.29. The van der Waals surface area contributed by atoms with Gasteiger partial charge >= 0.3 is 6.09 Å². The molecule has 0 spiro atoms. The Hall–Kier alpha value is -1.66. The van der Waals surface area contributed by atoms with E-state index in [9.17, 15) is 4.79 Å². The molecule has 1 fully saturated rings. The summed E-state index contributed by atoms with van der Waals surface area (Å²) in [5.41, 5.74) is 0.845. The molecule has 1 aromatic rings. The zero-order valence-corrected chi connectivity index (χ0v) is 24.5. The van der Waals surface area contributed by atoms with Crippen molar-refractivity contribution in [1.29, 1.82) is 0 Å². The molecule has 0 N–H and O–H groups in total. The van der Waals surface area contributed by atoms with Gasteiger partial charge < -0.3 is 19.1 Å². The fourth-order valence-corrected chi connectivity index (χ4v) is 5.08. The van der Waals surface area contributed by atoms with Crippen LogP contribution in [0.25, 0.3) is 0 Å². The van der Waals surface area contributed by atoms with E-state index in [1.54, 1.807) is 18.1 Å². The molecule has 0 saturated carbocycles. The summed E-state index contributed by atoms with van der Waals surface area (Å²) in [6.07, 6.45) is 24.5. The Labute approximate surface area is 233 Å². The van der Waals surface area contributed by atoms with E-state index in [0.29, 0.717) is 26.4 Å². The summed E-state index contributed by atoms with van der Waals surface area (Å²) in [4.78, 5) is 18.1. The van der Waals surface area contributed by atoms with Gasteiger partial charge in [0, 0.05) is 25.8 Å². The molecule has 38 heavy (non-hydrogen) atoms. The highest BCUT2D eigenvalue weighted by Gasteiger charge is 2.27. The van der Waals surface area contributed by atoms with Crippen LogP contribution in [0.15, 0.2) is 24.4 Å². The van der Waals surface area contributed by atoms with Crippen molar-refractivity contribution in [3.05, 3.63) is 30.1 Å². The average molecular weight is 533 g/mol. The molecule has 1 aromatic heterocycles. The lowest BCUT2D eigenvalue weighted by atomic mass is 10.0. The Balaban J connectivity index is 1.32. The number of hydrogen-bond acceptors (Lipinski definition) is 5. The molecule has 0 aromatic carbocycles. The molecule has 6 heteroatoms. The van der Waals surface area contributed by atoms with Gasteiger partial charge in [0.05, 0.1) is 38.2 Å². The molecule has 2 atom stereocenters. The van der Waals surface area contributed by atoms with Gasteiger partial charge in [0.1, 0.15) is 0 Å². The predicted molar refractivity (Wildman–Crippen MR) is 155 cm³/mol. The first-order chi connectivity index (χ1) is 18.7. The van der Waals surface area contributed by atoms with Crippen molar-refractivity contribution in [3.8, 4) is 0 Å². The van der Waals surface area contributed by atoms with Gasteiger partial charge in [0.25, 0.3) is 0 Å². The summed E-state index contributed by atoms with van der Waals surface area (Å²) in [5, 5.41) is 0. The summed E-state index contributed by atoms with van der Waals surface area (Å²) >= 11 is 0. The number of ether oxygens (including phenoxy) is 3. The lowest BCUT2D eigenvalue weighted by Gasteiger charge is -2.18. The zero-order valence-electron chi connectivity index (χ0n) is 24.5. The number of carbonyl (C=O) groups is 1. The van der Waals surface area contributed by atoms with Crippen LogP contribution in [0.1, 0.15) is 122 Å². The predicted octanol–water partition coefficient (Wildman–Crippen LogP) is 8.33. The Morgan fingerprint density at radius 2 is 1.50 bits per heavy atom. The molecule has 1 aliphatic rings. The quantitative estimate of drug-likeness (QED) is 0.133. The third-order valence-electron chi connectivity index (χ3n) is 7.49. The van der Waals surface area contributed by atoms with Crippen LogP contribution in [0.2, 0.25) is 0 Å². The van der Waals surface area contributed by atoms with Crippen LogP contribution >= 0.6 is 0 Å². The van der Waals surface area contributed by atoms with Crippen LogP contribution in [-0.2, 0) is 20.8 Å². The third kappa shape index (κ3) is 16.3. The van der Waals surface area contributed by atoms with E-state index in [0.717, 1.165) is 25.1 Å². The molecule has 1 aliphatic heterocycles. The fourth-order valence-electron chi connectivity index (χ4n) is 5.08. The van der Waals surface area contributed by atoms with Crippen LogP contribution in [0, 0.1) is 5.92 Å². The van der Waals surface area contributed by atoms with Crippen molar-refractivity contribution in [2.45, 2.75) is 129 Å². The van der Waals surface area contributed by atoms with E-state index in [-0.39, 0.29) is 18.1 Å². The number of unbranched alkanes of at least 4 members (excludes halogenated alkanes) is 15. The maximum absolute atomic E-state index is 12.2. The maximum Gasteiger partial charge on any atom is 0.409 e. The highest BCUT2D eigenvalue weighted by molar-refractivity contribution is 5.67. The topological polar surface area (TPSA) is 60.9 Å². The first kappa shape index (κ1) is 32.6. The van der Waals surface area contributed by atoms with Crippen molar-refractivity contribution >= 4 is 6.09 Å². The van der Waals surface area contributed by atoms with E-state index in [4.69, 9.17) is 14.2 Å². The van der Waals surface area contributed by atoms with Gasteiger partial charge in [-0.25, -0.2) is 4.79 Å². The molecule has 0 unspecified atom stereocenters. The molecule has 1 amide bonds. The summed E-state index contributed by atoms with van der Waals surface area (Å²) in [6.45, 7) is 5.20. The van der Waals surface area contributed by atoms with Crippen LogP contribution in [0.4, 0.5) is 4.79 Å². The fraction of sp³-hybridized carbons (Fsp3) is 0.812. The molecule has 0 aliphatic carbocycles. The standard InChI is InChI=1S/C32H56N2O4/c1-3-4-5-6-7-8-9-10-11-12-13-14-15-16-17-20-23-36-28-31-24-29(26-37-31)27-38-32(35)34(2)25-30-21-18-19-22-33-30/h18-19,21-22,29,31H,3-17,20,23-28H2,1-2H3/t29-,31+/m1/s1. The van der Waals surface area contributed by atoms with Gasteiger partial charge in [0.15, 0.2) is 0 Å². The normalized spacial score (nSPS) is 17.1. The molecule has 218 valence electrons. The van der Waals surface area contributed by atoms with E-state index < -0.39 is 0 Å². The van der Waals surface area contributed by atoms with Crippen molar-refractivity contribution in [1.82, 2.24) is 9.88 Å². The molecule has 6 nitrogen and oxygen atoms in total. The molecule has 2 heterocycles. The number of aromatic nitrogens is 1. The second-order valence-corrected chi connectivity index (χ2v) is 11.2. The molecule has 2 rings (SSSR count). The van der Waals surface area contributed by atoms with Crippen LogP contribution in [-0.4, -0.2) is 55.6 Å². The third-order valence-corrected chi connectivity index (χ3v) is 7.49. The highest BCUT2D eigenvalue weighted by atomic mass is 16.6. The highest BCUT2D eigenvalue weighted by Crippen LogP contribution is 2.21. The lowest BCUT2D eigenvalue weighted by molar-refractivity contribution is 0.0146. The number of hydrogen-bond donors (Lipinski definition) is 0. The summed E-state index contributed by atoms with van der Waals surface area (Å²) in [5.74, 6) is 0.242. The van der Waals surface area contributed by atoms with Gasteiger partial charge in [-0.2, -0.15) is 0 Å². The Morgan fingerprint density at radius 1 is 0.895 bits per heavy atom. The molecular formula is C32H56N2O4. The largest absolute Gasteiger partial charge is 0.449 e. The van der Waals surface area contributed by atoms with Crippen LogP contribution in [0.5, 0.6) is 0 Å². The minimum Gasteiger partial charge on any atom is -0.449 e. The Kier molecular flexibility index (Phi) is 19.0. The molecule has 1 saturated heterocycles. The molecule has 0 bridgehead atoms. The van der Waals surface area contributed by atoms with Gasteiger partial charge in [-0.05, 0) is 25.0 Å². The van der Waals surface area contributed by atoms with Gasteiger partial charge in [-0.1, -0.05) is 109 Å². The first-order valence-corrected chi connectivity index (χ1v) is 15.7. The van der Waals surface area contributed by atoms with Gasteiger partial charge in [0.2, 0.25) is 0 Å². The minimum atomic E-state index is -0.321. The first-order valence-electron chi connectivity index (χ1n) is 15.7. The van der Waals surface area contributed by atoms with Crippen molar-refractivity contribution < 1.29 is 19.0 Å². The average Bonchev–Trinajstić information content (AvgIpc) is 3.39. The van der Waals surface area contributed by atoms with E-state index in [2.05, 4.69) is 11.9 Å². The summed E-state index contributed by atoms with van der Waals surface area (Å²) in [7, 11) is 1.73. The summed E-state index contributed by atoms with van der Waals surface area (Å²) in [6, 6.07) is 5.68. The monoisotopic (exact) mass is 532 g/mol. The molecule has 0 radical (unpaired) electrons. The van der Waals surface area contributed by atoms with E-state index in [1.807, 2.05) is 18.2 Å². The number of nitrogens with zero attached hydrogens (tertiary/aromatic N) is 2. The SMILES string of the molecule is CCCCCCCCCCCCCCCCCCOC[C@@H]1C[C@@H](COC(=O)N(C)Cc2ccccn2)CO1. The van der Waals surface area contributed by atoms with Crippen molar-refractivity contribution in [2.75, 3.05) is 33.5 Å². The number of pyridine rings is 1. The zero-order chi connectivity index (χ0) is 27.1. The smallest absolute Gasteiger partial charge is 0.409 e. The second kappa shape index (κ2) is 22.2. The van der Waals surface area contributed by atoms with Gasteiger partial charge in [-0.15, -0.1) is 0 Å². The number of carbonyl (C=O) groups excluding carboxylic acids is 1. The Morgan fingerprint density at radius 3 is 2.08 bits per heavy atom. The van der Waals surface area contributed by atoms with Crippen molar-refractivity contribution in [3.63, 3.8) is 0 Å². The van der Waals surface area contributed by atoms with Crippen LogP contribution in [0.3, 0.4) is 0 Å². The van der Waals surface area contributed by atoms with Crippen LogP contribution < -0.4 is 0 Å². The number of rotatable bonds is 23. The Bertz CT molecular complexity index is 687.